The van der Waals surface area contributed by atoms with Crippen LogP contribution in [0.25, 0.3) is 0 Å². The van der Waals surface area contributed by atoms with E-state index in [1.54, 1.807) is 0 Å². The molecular weight excluding hydrogens is 364 g/mol. The van der Waals surface area contributed by atoms with Crippen LogP contribution in [0.4, 0.5) is 17.8 Å². The van der Waals surface area contributed by atoms with Gasteiger partial charge in [0, 0.05) is 17.6 Å². The first-order valence-corrected chi connectivity index (χ1v) is 11.9. The molecule has 0 radical (unpaired) electrons. The van der Waals surface area contributed by atoms with Gasteiger partial charge < -0.3 is 21.1 Å². The van der Waals surface area contributed by atoms with Crippen LogP contribution in [-0.4, -0.2) is 43.8 Å². The Kier molecular flexibility index (Phi) is 4.36. The van der Waals surface area contributed by atoms with E-state index in [-0.39, 0.29) is 11.6 Å². The van der Waals surface area contributed by atoms with E-state index in [1.165, 1.54) is 51.4 Å². The highest BCUT2D eigenvalue weighted by Crippen LogP contribution is 2.56. The smallest absolute Gasteiger partial charge is 0.229 e. The van der Waals surface area contributed by atoms with Crippen LogP contribution in [0.15, 0.2) is 0 Å². The van der Waals surface area contributed by atoms with Crippen LogP contribution >= 0.6 is 0 Å². The summed E-state index contributed by atoms with van der Waals surface area (Å²) in [4.78, 5) is 14.2. The van der Waals surface area contributed by atoms with Crippen molar-refractivity contribution < 1.29 is 5.11 Å². The number of hydrogen-bond acceptors (Lipinski definition) is 7. The van der Waals surface area contributed by atoms with Crippen LogP contribution in [0.5, 0.6) is 0 Å². The summed E-state index contributed by atoms with van der Waals surface area (Å²) < 4.78 is 0. The Hall–Kier alpha value is -1.63. The lowest BCUT2D eigenvalue weighted by molar-refractivity contribution is 0.0103. The van der Waals surface area contributed by atoms with E-state index in [2.05, 4.69) is 20.9 Å². The topological polar surface area (TPSA) is 95.0 Å². The summed E-state index contributed by atoms with van der Waals surface area (Å²) in [5.41, 5.74) is 0.194. The Morgan fingerprint density at radius 2 is 1.10 bits per heavy atom. The minimum atomic E-state index is -0.146. The van der Waals surface area contributed by atoms with Gasteiger partial charge in [-0.25, -0.2) is 0 Å². The van der Waals surface area contributed by atoms with Crippen molar-refractivity contribution in [3.63, 3.8) is 0 Å². The van der Waals surface area contributed by atoms with E-state index in [9.17, 15) is 5.11 Å². The highest BCUT2D eigenvalue weighted by atomic mass is 16.3. The molecule has 0 amide bonds. The maximum absolute atomic E-state index is 9.79. The van der Waals surface area contributed by atoms with Gasteiger partial charge in [0.15, 0.2) is 0 Å². The van der Waals surface area contributed by atoms with Crippen LogP contribution in [0.2, 0.25) is 0 Å². The molecule has 1 aromatic rings. The van der Waals surface area contributed by atoms with Gasteiger partial charge in [0.1, 0.15) is 0 Å². The Morgan fingerprint density at radius 3 is 1.59 bits per heavy atom. The lowest BCUT2D eigenvalue weighted by Crippen LogP contribution is -2.55. The molecule has 1 aromatic heterocycles. The second-order valence-corrected chi connectivity index (χ2v) is 10.7. The van der Waals surface area contributed by atoms with Crippen molar-refractivity contribution in [3.05, 3.63) is 0 Å². The summed E-state index contributed by atoms with van der Waals surface area (Å²) in [7, 11) is 0. The van der Waals surface area contributed by atoms with Gasteiger partial charge in [-0.15, -0.1) is 0 Å². The monoisotopic (exact) mass is 398 g/mol. The molecule has 0 spiro atoms. The van der Waals surface area contributed by atoms with Crippen molar-refractivity contribution in [2.75, 3.05) is 16.0 Å². The fourth-order valence-corrected chi connectivity index (χ4v) is 6.87. The lowest BCUT2D eigenvalue weighted by Gasteiger charge is -2.56. The number of aromatic nitrogens is 3. The zero-order valence-electron chi connectivity index (χ0n) is 17.2. The maximum atomic E-state index is 9.79. The second kappa shape index (κ2) is 6.96. The molecule has 158 valence electrons. The molecule has 7 heteroatoms. The van der Waals surface area contributed by atoms with E-state index in [1.807, 2.05) is 0 Å². The first kappa shape index (κ1) is 18.2. The van der Waals surface area contributed by atoms with E-state index in [0.29, 0.717) is 24.0 Å². The van der Waals surface area contributed by atoms with Crippen molar-refractivity contribution >= 4 is 17.8 Å². The van der Waals surface area contributed by atoms with Crippen molar-refractivity contribution in [2.24, 2.45) is 17.8 Å². The fraction of sp³-hybridized carbons (Fsp3) is 0.864. The third kappa shape index (κ3) is 3.90. The number of aliphatic hydroxyl groups is 1. The van der Waals surface area contributed by atoms with Gasteiger partial charge in [0.05, 0.1) is 6.10 Å². The molecule has 7 rings (SSSR count). The molecule has 6 aliphatic rings. The predicted molar refractivity (Wildman–Crippen MR) is 113 cm³/mol. The Morgan fingerprint density at radius 1 is 0.655 bits per heavy atom. The van der Waals surface area contributed by atoms with Gasteiger partial charge in [-0.05, 0) is 94.8 Å². The highest BCUT2D eigenvalue weighted by molar-refractivity contribution is 5.45. The van der Waals surface area contributed by atoms with Gasteiger partial charge in [-0.3, -0.25) is 0 Å². The zero-order valence-corrected chi connectivity index (χ0v) is 17.2. The summed E-state index contributed by atoms with van der Waals surface area (Å²) in [6.45, 7) is 0. The summed E-state index contributed by atoms with van der Waals surface area (Å²) in [5, 5.41) is 20.6. The van der Waals surface area contributed by atoms with Gasteiger partial charge >= 0.3 is 0 Å². The van der Waals surface area contributed by atoms with Gasteiger partial charge in [0.2, 0.25) is 17.8 Å². The maximum Gasteiger partial charge on any atom is 0.229 e. The Labute approximate surface area is 172 Å². The average molecular weight is 399 g/mol. The molecule has 7 nitrogen and oxygen atoms in total. The normalized spacial score (nSPS) is 40.7. The summed E-state index contributed by atoms with van der Waals surface area (Å²) in [6.07, 6.45) is 14.0. The van der Waals surface area contributed by atoms with Crippen LogP contribution in [0, 0.1) is 17.8 Å². The quantitative estimate of drug-likeness (QED) is 0.582. The van der Waals surface area contributed by atoms with Crippen LogP contribution in [0.3, 0.4) is 0 Å². The third-order valence-corrected chi connectivity index (χ3v) is 7.99. The molecular formula is C22H34N6O. The number of hydrogen-bond donors (Lipinski definition) is 4. The third-order valence-electron chi connectivity index (χ3n) is 7.99. The molecule has 6 aliphatic carbocycles. The molecule has 0 unspecified atom stereocenters. The number of rotatable bonds is 6. The van der Waals surface area contributed by atoms with Crippen molar-refractivity contribution in [3.8, 4) is 0 Å². The van der Waals surface area contributed by atoms with E-state index in [0.717, 1.165) is 49.4 Å². The molecule has 1 heterocycles. The Balaban J connectivity index is 1.22. The summed E-state index contributed by atoms with van der Waals surface area (Å²) in [6, 6.07) is 0.851. The van der Waals surface area contributed by atoms with E-state index >= 15 is 0 Å². The zero-order chi connectivity index (χ0) is 19.4. The van der Waals surface area contributed by atoms with E-state index < -0.39 is 0 Å². The number of aliphatic hydroxyl groups excluding tert-OH is 1. The SMILES string of the molecule is OC1CCC(Nc2nc(NC3CC3)nc(NC34CC5CC(CC(C5)C3)C4)n2)CC1. The molecule has 4 bridgehead atoms. The van der Waals surface area contributed by atoms with Crippen LogP contribution < -0.4 is 16.0 Å². The molecule has 0 saturated heterocycles. The summed E-state index contributed by atoms with van der Waals surface area (Å²) in [5.74, 6) is 4.80. The molecule has 4 N–H and O–H groups in total. The molecule has 6 fully saturated rings. The molecule has 6 saturated carbocycles. The first-order valence-electron chi connectivity index (χ1n) is 11.9. The van der Waals surface area contributed by atoms with Gasteiger partial charge in [-0.1, -0.05) is 0 Å². The molecule has 0 aromatic carbocycles. The van der Waals surface area contributed by atoms with Crippen LogP contribution in [0.1, 0.15) is 77.0 Å². The van der Waals surface area contributed by atoms with Crippen molar-refractivity contribution in [2.45, 2.75) is 101 Å². The largest absolute Gasteiger partial charge is 0.393 e. The number of nitrogens with one attached hydrogen (secondary N) is 3. The van der Waals surface area contributed by atoms with Gasteiger partial charge in [0.25, 0.3) is 0 Å². The minimum absolute atomic E-state index is 0.146. The first-order chi connectivity index (χ1) is 14.1. The highest BCUT2D eigenvalue weighted by Gasteiger charge is 2.51. The minimum Gasteiger partial charge on any atom is -0.393 e. The number of nitrogens with zero attached hydrogens (tertiary/aromatic N) is 3. The molecule has 0 atom stereocenters. The van der Waals surface area contributed by atoms with Crippen molar-refractivity contribution in [1.29, 1.82) is 0 Å². The fourth-order valence-electron chi connectivity index (χ4n) is 6.87. The second-order valence-electron chi connectivity index (χ2n) is 10.7. The molecule has 0 aliphatic heterocycles. The molecule has 29 heavy (non-hydrogen) atoms. The Bertz CT molecular complexity index is 722. The van der Waals surface area contributed by atoms with Gasteiger partial charge in [-0.2, -0.15) is 15.0 Å². The van der Waals surface area contributed by atoms with Crippen molar-refractivity contribution in [1.82, 2.24) is 15.0 Å². The standard InChI is InChI=1S/C22H34N6O/c29-18-5-3-17(4-6-18)24-20-25-19(23-16-1-2-16)26-21(27-20)28-22-10-13-7-14(11-22)9-15(8-13)12-22/h13-18,29H,1-12H2,(H3,23,24,25,26,27,28). The number of anilines is 3. The lowest BCUT2D eigenvalue weighted by atomic mass is 9.53. The van der Waals surface area contributed by atoms with Crippen LogP contribution in [-0.2, 0) is 0 Å². The van der Waals surface area contributed by atoms with E-state index in [4.69, 9.17) is 9.97 Å². The predicted octanol–water partition coefficient (Wildman–Crippen LogP) is 3.54. The summed E-state index contributed by atoms with van der Waals surface area (Å²) >= 11 is 0. The average Bonchev–Trinajstić information content (AvgIpc) is 3.46.